The first-order chi connectivity index (χ1) is 12.1. The number of carbonyl (C=O) groups excluding carboxylic acids is 1. The number of amides is 2. The maximum Gasteiger partial charge on any atom is 0.407 e. The molecule has 8 nitrogen and oxygen atoms in total. The molecule has 2 fully saturated rings. The highest BCUT2D eigenvalue weighted by atomic mass is 16.4. The number of fused-ring (bicyclic) bond motifs is 2. The fraction of sp³-hybridized carbons (Fsp3) is 0.412. The summed E-state index contributed by atoms with van der Waals surface area (Å²) >= 11 is 0. The number of piperazine rings is 1. The fourth-order valence-corrected chi connectivity index (χ4v) is 3.74. The first-order valence-electron chi connectivity index (χ1n) is 8.37. The van der Waals surface area contributed by atoms with Gasteiger partial charge >= 0.3 is 6.09 Å². The van der Waals surface area contributed by atoms with Crippen LogP contribution in [0, 0.1) is 5.92 Å². The van der Waals surface area contributed by atoms with Crippen LogP contribution < -0.4 is 0 Å². The third kappa shape index (κ3) is 2.84. The largest absolute Gasteiger partial charge is 0.465 e. The highest BCUT2D eigenvalue weighted by molar-refractivity contribution is 5.82. The van der Waals surface area contributed by atoms with Gasteiger partial charge in [0.2, 0.25) is 5.91 Å². The zero-order valence-electron chi connectivity index (χ0n) is 13.7. The van der Waals surface area contributed by atoms with Crippen LogP contribution in [0.4, 0.5) is 4.79 Å². The smallest absolute Gasteiger partial charge is 0.407 e. The zero-order valence-corrected chi connectivity index (χ0v) is 13.7. The van der Waals surface area contributed by atoms with Gasteiger partial charge in [0.05, 0.1) is 6.04 Å². The van der Waals surface area contributed by atoms with Crippen LogP contribution in [0.3, 0.4) is 0 Å². The van der Waals surface area contributed by atoms with Crippen molar-refractivity contribution in [1.82, 2.24) is 24.4 Å². The Hall–Kier alpha value is -2.90. The molecule has 2 aliphatic heterocycles. The molecule has 4 rings (SSSR count). The number of rotatable bonds is 3. The second kappa shape index (κ2) is 6.19. The molecule has 0 saturated carbocycles. The monoisotopic (exact) mass is 341 g/mol. The van der Waals surface area contributed by atoms with Crippen molar-refractivity contribution in [2.24, 2.45) is 5.92 Å². The van der Waals surface area contributed by atoms with Gasteiger partial charge in [-0.2, -0.15) is 5.10 Å². The summed E-state index contributed by atoms with van der Waals surface area (Å²) in [6.45, 7) is 1.31. The lowest BCUT2D eigenvalue weighted by Gasteiger charge is -2.35. The summed E-state index contributed by atoms with van der Waals surface area (Å²) in [4.78, 5) is 31.1. The van der Waals surface area contributed by atoms with E-state index in [0.717, 1.165) is 11.2 Å². The van der Waals surface area contributed by atoms with E-state index in [1.807, 2.05) is 35.4 Å². The molecule has 2 amide bonds. The molecule has 0 unspecified atom stereocenters. The summed E-state index contributed by atoms with van der Waals surface area (Å²) in [6, 6.07) is 3.88. The Morgan fingerprint density at radius 3 is 3.12 bits per heavy atom. The standard InChI is InChI=1S/C17H19N5O3/c23-16-13(9-14-10-20(17(24)25)7-8-21(14)16)4-1-3-12-5-2-6-22-15(12)18-11-19-22/h1-3,5-6,11,13-14H,4,7-10H2,(H,24,25)/b3-1-/t13-,14-/m0/s1. The Kier molecular flexibility index (Phi) is 3.87. The fourth-order valence-electron chi connectivity index (χ4n) is 3.74. The van der Waals surface area contributed by atoms with E-state index in [1.54, 1.807) is 4.52 Å². The lowest BCUT2D eigenvalue weighted by molar-refractivity contribution is -0.133. The molecule has 1 N–H and O–H groups in total. The van der Waals surface area contributed by atoms with Crippen molar-refractivity contribution >= 4 is 23.7 Å². The lowest BCUT2D eigenvalue weighted by atomic mass is 10.00. The molecule has 25 heavy (non-hydrogen) atoms. The van der Waals surface area contributed by atoms with E-state index in [1.165, 1.54) is 11.2 Å². The van der Waals surface area contributed by atoms with Crippen molar-refractivity contribution < 1.29 is 14.7 Å². The summed E-state index contributed by atoms with van der Waals surface area (Å²) in [5.41, 5.74) is 1.74. The van der Waals surface area contributed by atoms with Gasteiger partial charge in [0, 0.05) is 37.3 Å². The van der Waals surface area contributed by atoms with Crippen LogP contribution in [0.25, 0.3) is 11.7 Å². The number of hydrogen-bond donors (Lipinski definition) is 1. The van der Waals surface area contributed by atoms with Gasteiger partial charge in [-0.25, -0.2) is 14.3 Å². The van der Waals surface area contributed by atoms with Crippen LogP contribution in [0.5, 0.6) is 0 Å². The predicted octanol–water partition coefficient (Wildman–Crippen LogP) is 1.34. The maximum atomic E-state index is 12.5. The van der Waals surface area contributed by atoms with Crippen LogP contribution in [0.1, 0.15) is 18.4 Å². The number of nitrogens with zero attached hydrogens (tertiary/aromatic N) is 5. The molecule has 4 heterocycles. The molecule has 8 heteroatoms. The van der Waals surface area contributed by atoms with Crippen LogP contribution >= 0.6 is 0 Å². The van der Waals surface area contributed by atoms with Gasteiger partial charge in [0.25, 0.3) is 0 Å². The number of aromatic nitrogens is 3. The predicted molar refractivity (Wildman–Crippen MR) is 89.8 cm³/mol. The lowest BCUT2D eigenvalue weighted by Crippen LogP contribution is -2.52. The molecular weight excluding hydrogens is 322 g/mol. The Labute approximate surface area is 144 Å². The van der Waals surface area contributed by atoms with E-state index in [4.69, 9.17) is 5.11 Å². The van der Waals surface area contributed by atoms with Gasteiger partial charge < -0.3 is 14.9 Å². The minimum atomic E-state index is -0.906. The molecular formula is C17H19N5O3. The van der Waals surface area contributed by atoms with E-state index in [2.05, 4.69) is 10.1 Å². The summed E-state index contributed by atoms with van der Waals surface area (Å²) in [5, 5.41) is 13.2. The maximum absolute atomic E-state index is 12.5. The average Bonchev–Trinajstić information content (AvgIpc) is 3.20. The van der Waals surface area contributed by atoms with Gasteiger partial charge in [0.1, 0.15) is 6.33 Å². The molecule has 2 aliphatic rings. The summed E-state index contributed by atoms with van der Waals surface area (Å²) in [7, 11) is 0. The molecule has 0 aromatic carbocycles. The van der Waals surface area contributed by atoms with Gasteiger partial charge in [-0.05, 0) is 25.0 Å². The normalized spacial score (nSPS) is 23.6. The van der Waals surface area contributed by atoms with Crippen LogP contribution in [-0.4, -0.2) is 67.2 Å². The first kappa shape index (κ1) is 15.6. The van der Waals surface area contributed by atoms with Crippen LogP contribution in [0.15, 0.2) is 30.7 Å². The number of carbonyl (C=O) groups is 2. The average molecular weight is 341 g/mol. The summed E-state index contributed by atoms with van der Waals surface area (Å²) in [6.07, 6.45) is 7.77. The molecule has 130 valence electrons. The van der Waals surface area contributed by atoms with Gasteiger partial charge in [0.15, 0.2) is 5.65 Å². The Morgan fingerprint density at radius 1 is 1.40 bits per heavy atom. The van der Waals surface area contributed by atoms with Gasteiger partial charge in [-0.15, -0.1) is 0 Å². The number of hydrogen-bond acceptors (Lipinski definition) is 4. The van der Waals surface area contributed by atoms with E-state index in [-0.39, 0.29) is 17.9 Å². The number of allylic oxidation sites excluding steroid dienone is 1. The second-order valence-electron chi connectivity index (χ2n) is 6.48. The van der Waals surface area contributed by atoms with E-state index in [0.29, 0.717) is 32.5 Å². The van der Waals surface area contributed by atoms with Crippen molar-refractivity contribution in [2.75, 3.05) is 19.6 Å². The Balaban J connectivity index is 1.43. The Bertz CT molecular complexity index is 846. The molecule has 0 radical (unpaired) electrons. The minimum Gasteiger partial charge on any atom is -0.465 e. The quantitative estimate of drug-likeness (QED) is 0.910. The molecule has 2 saturated heterocycles. The molecule has 0 bridgehead atoms. The SMILES string of the molecule is O=C(O)N1CCN2C(=O)[C@@H](C/C=C\c3cccn4ncnc34)C[C@H]2C1. The highest BCUT2D eigenvalue weighted by Crippen LogP contribution is 2.30. The molecule has 0 spiro atoms. The molecule has 2 atom stereocenters. The third-order valence-electron chi connectivity index (χ3n) is 4.99. The molecule has 2 aromatic heterocycles. The topological polar surface area (TPSA) is 91.0 Å². The van der Waals surface area contributed by atoms with Crippen LogP contribution in [-0.2, 0) is 4.79 Å². The van der Waals surface area contributed by atoms with E-state index >= 15 is 0 Å². The van der Waals surface area contributed by atoms with E-state index in [9.17, 15) is 9.59 Å². The summed E-state index contributed by atoms with van der Waals surface area (Å²) < 4.78 is 1.71. The van der Waals surface area contributed by atoms with Crippen molar-refractivity contribution in [2.45, 2.75) is 18.9 Å². The third-order valence-corrected chi connectivity index (χ3v) is 4.99. The zero-order chi connectivity index (χ0) is 17.4. The highest BCUT2D eigenvalue weighted by Gasteiger charge is 2.42. The van der Waals surface area contributed by atoms with E-state index < -0.39 is 6.09 Å². The van der Waals surface area contributed by atoms with Crippen LogP contribution in [0.2, 0.25) is 0 Å². The van der Waals surface area contributed by atoms with Gasteiger partial charge in [-0.1, -0.05) is 12.2 Å². The summed E-state index contributed by atoms with van der Waals surface area (Å²) in [5.74, 6) is 0.0629. The first-order valence-corrected chi connectivity index (χ1v) is 8.37. The molecule has 0 aliphatic carbocycles. The van der Waals surface area contributed by atoms with Crippen molar-refractivity contribution in [3.8, 4) is 0 Å². The minimum absolute atomic E-state index is 0.00989. The van der Waals surface area contributed by atoms with Crippen molar-refractivity contribution in [3.05, 3.63) is 36.3 Å². The second-order valence-corrected chi connectivity index (χ2v) is 6.48. The van der Waals surface area contributed by atoms with Gasteiger partial charge in [-0.3, -0.25) is 4.79 Å². The van der Waals surface area contributed by atoms with Crippen molar-refractivity contribution in [3.63, 3.8) is 0 Å². The number of pyridine rings is 1. The Morgan fingerprint density at radius 2 is 2.28 bits per heavy atom. The molecule has 2 aromatic rings. The van der Waals surface area contributed by atoms with Crippen molar-refractivity contribution in [1.29, 1.82) is 0 Å². The number of carboxylic acid groups (broad SMARTS) is 1.